The van der Waals surface area contributed by atoms with E-state index in [1.165, 1.54) is 12.1 Å². The van der Waals surface area contributed by atoms with Gasteiger partial charge in [-0.05, 0) is 12.1 Å². The standard InChI is InChI=1S/C12H11N5O4S/c13-8-2-1-6(3-9(8)17(20)21)11(19)16-12-15-7(5-22-12)4-10(14)18/h1-3,5H,4,13H2,(H2,14,18)(H,15,16,19). The van der Waals surface area contributed by atoms with Gasteiger partial charge in [0, 0.05) is 17.0 Å². The Balaban J connectivity index is 2.15. The number of nitrogens with two attached hydrogens (primary N) is 2. The SMILES string of the molecule is NC(=O)Cc1csc(NC(=O)c2ccc(N)c([N+](=O)[O-])c2)n1. The molecule has 114 valence electrons. The molecule has 2 amide bonds. The van der Waals surface area contributed by atoms with Crippen LogP contribution < -0.4 is 16.8 Å². The Morgan fingerprint density at radius 1 is 1.41 bits per heavy atom. The van der Waals surface area contributed by atoms with Gasteiger partial charge in [0.2, 0.25) is 5.91 Å². The Morgan fingerprint density at radius 2 is 2.14 bits per heavy atom. The summed E-state index contributed by atoms with van der Waals surface area (Å²) >= 11 is 1.12. The van der Waals surface area contributed by atoms with Crippen LogP contribution in [0.5, 0.6) is 0 Å². The first-order valence-electron chi connectivity index (χ1n) is 5.95. The predicted octanol–water partition coefficient (Wildman–Crippen LogP) is 0.914. The average molecular weight is 321 g/mol. The van der Waals surface area contributed by atoms with Gasteiger partial charge >= 0.3 is 0 Å². The number of rotatable bonds is 5. The number of nitrogens with zero attached hydrogens (tertiary/aromatic N) is 2. The van der Waals surface area contributed by atoms with E-state index in [2.05, 4.69) is 10.3 Å². The zero-order valence-electron chi connectivity index (χ0n) is 11.1. The van der Waals surface area contributed by atoms with Crippen molar-refractivity contribution in [3.63, 3.8) is 0 Å². The number of carbonyl (C=O) groups is 2. The number of hydrogen-bond donors (Lipinski definition) is 3. The second-order valence-electron chi connectivity index (χ2n) is 4.27. The number of carbonyl (C=O) groups excluding carboxylic acids is 2. The molecular formula is C12H11N5O4S. The average Bonchev–Trinajstić information content (AvgIpc) is 2.85. The van der Waals surface area contributed by atoms with Gasteiger partial charge in [-0.3, -0.25) is 25.0 Å². The van der Waals surface area contributed by atoms with Gasteiger partial charge in [-0.2, -0.15) is 0 Å². The van der Waals surface area contributed by atoms with E-state index >= 15 is 0 Å². The number of anilines is 2. The molecule has 0 aliphatic carbocycles. The molecule has 5 N–H and O–H groups in total. The summed E-state index contributed by atoms with van der Waals surface area (Å²) in [6.07, 6.45) is -0.0281. The lowest BCUT2D eigenvalue weighted by Gasteiger charge is -2.03. The highest BCUT2D eigenvalue weighted by atomic mass is 32.1. The number of aromatic nitrogens is 1. The van der Waals surface area contributed by atoms with Crippen molar-refractivity contribution < 1.29 is 14.5 Å². The second kappa shape index (κ2) is 6.18. The minimum atomic E-state index is -0.666. The maximum absolute atomic E-state index is 12.0. The monoisotopic (exact) mass is 321 g/mol. The van der Waals surface area contributed by atoms with Crippen LogP contribution >= 0.6 is 11.3 Å². The summed E-state index contributed by atoms with van der Waals surface area (Å²) < 4.78 is 0. The lowest BCUT2D eigenvalue weighted by molar-refractivity contribution is -0.383. The molecule has 0 unspecified atom stereocenters. The first kappa shape index (κ1) is 15.4. The fourth-order valence-electron chi connectivity index (χ4n) is 1.64. The molecule has 0 radical (unpaired) electrons. The number of amides is 2. The van der Waals surface area contributed by atoms with E-state index in [0.29, 0.717) is 5.69 Å². The Bertz CT molecular complexity index is 758. The van der Waals surface area contributed by atoms with Crippen molar-refractivity contribution in [2.75, 3.05) is 11.1 Å². The van der Waals surface area contributed by atoms with Crippen LogP contribution in [0, 0.1) is 10.1 Å². The van der Waals surface area contributed by atoms with Gasteiger partial charge in [0.25, 0.3) is 11.6 Å². The molecule has 0 spiro atoms. The summed E-state index contributed by atoms with van der Waals surface area (Å²) in [5.41, 5.74) is 10.7. The quantitative estimate of drug-likeness (QED) is 0.422. The van der Waals surface area contributed by atoms with Gasteiger partial charge in [-0.15, -0.1) is 11.3 Å². The molecule has 2 rings (SSSR count). The molecule has 0 aliphatic rings. The van der Waals surface area contributed by atoms with Gasteiger partial charge < -0.3 is 11.5 Å². The molecule has 0 fully saturated rings. The number of thiazole rings is 1. The molecule has 9 nitrogen and oxygen atoms in total. The van der Waals surface area contributed by atoms with Crippen LogP contribution in [0.4, 0.5) is 16.5 Å². The topological polar surface area (TPSA) is 154 Å². The fourth-order valence-corrected chi connectivity index (χ4v) is 2.34. The highest BCUT2D eigenvalue weighted by molar-refractivity contribution is 7.14. The van der Waals surface area contributed by atoms with Crippen molar-refractivity contribution in [2.45, 2.75) is 6.42 Å². The molecule has 10 heteroatoms. The number of nitrogen functional groups attached to an aromatic ring is 1. The summed E-state index contributed by atoms with van der Waals surface area (Å²) in [6.45, 7) is 0. The van der Waals surface area contributed by atoms with Crippen LogP contribution in [0.25, 0.3) is 0 Å². The van der Waals surface area contributed by atoms with E-state index in [1.807, 2.05) is 0 Å². The molecule has 1 aromatic carbocycles. The van der Waals surface area contributed by atoms with E-state index < -0.39 is 16.7 Å². The van der Waals surface area contributed by atoms with Crippen molar-refractivity contribution in [3.05, 3.63) is 45.0 Å². The van der Waals surface area contributed by atoms with Crippen molar-refractivity contribution >= 4 is 39.7 Å². The van der Waals surface area contributed by atoms with Crippen LogP contribution in [-0.4, -0.2) is 21.7 Å². The Hall–Kier alpha value is -3.01. The minimum Gasteiger partial charge on any atom is -0.393 e. The third kappa shape index (κ3) is 3.55. The highest BCUT2D eigenvalue weighted by Crippen LogP contribution is 2.23. The minimum absolute atomic E-state index is 0.0281. The van der Waals surface area contributed by atoms with Crippen LogP contribution in [0.1, 0.15) is 16.1 Å². The molecule has 0 atom stereocenters. The maximum atomic E-state index is 12.0. The normalized spacial score (nSPS) is 10.2. The van der Waals surface area contributed by atoms with Gasteiger partial charge in [-0.1, -0.05) is 0 Å². The number of primary amides is 1. The fraction of sp³-hybridized carbons (Fsp3) is 0.0833. The number of hydrogen-bond acceptors (Lipinski definition) is 7. The zero-order chi connectivity index (χ0) is 16.3. The Morgan fingerprint density at radius 3 is 2.77 bits per heavy atom. The summed E-state index contributed by atoms with van der Waals surface area (Å²) in [5, 5.41) is 15.1. The Labute approximate surface area is 128 Å². The van der Waals surface area contributed by atoms with Gasteiger partial charge in [-0.25, -0.2) is 4.98 Å². The lowest BCUT2D eigenvalue weighted by Crippen LogP contribution is -2.14. The van der Waals surface area contributed by atoms with E-state index in [-0.39, 0.29) is 28.5 Å². The molecule has 22 heavy (non-hydrogen) atoms. The summed E-state index contributed by atoms with van der Waals surface area (Å²) in [4.78, 5) is 37.0. The molecule has 0 saturated carbocycles. The summed E-state index contributed by atoms with van der Waals surface area (Å²) in [5.74, 6) is -1.10. The van der Waals surface area contributed by atoms with Gasteiger partial charge in [0.05, 0.1) is 17.0 Å². The third-order valence-corrected chi connectivity index (χ3v) is 3.42. The third-order valence-electron chi connectivity index (χ3n) is 2.62. The smallest absolute Gasteiger partial charge is 0.292 e. The first-order chi connectivity index (χ1) is 10.4. The zero-order valence-corrected chi connectivity index (χ0v) is 11.9. The largest absolute Gasteiger partial charge is 0.393 e. The number of nitro groups is 1. The first-order valence-corrected chi connectivity index (χ1v) is 6.82. The van der Waals surface area contributed by atoms with Crippen LogP contribution in [0.2, 0.25) is 0 Å². The molecule has 0 aliphatic heterocycles. The van der Waals surface area contributed by atoms with E-state index in [0.717, 1.165) is 17.4 Å². The van der Waals surface area contributed by atoms with Crippen LogP contribution in [0.15, 0.2) is 23.6 Å². The van der Waals surface area contributed by atoms with Crippen molar-refractivity contribution in [2.24, 2.45) is 5.73 Å². The van der Waals surface area contributed by atoms with Crippen molar-refractivity contribution in [1.29, 1.82) is 0 Å². The molecule has 0 saturated heterocycles. The lowest BCUT2D eigenvalue weighted by atomic mass is 10.1. The molecule has 2 aromatic rings. The second-order valence-corrected chi connectivity index (χ2v) is 5.13. The molecule has 1 aromatic heterocycles. The number of benzene rings is 1. The molecule has 1 heterocycles. The summed E-state index contributed by atoms with van der Waals surface area (Å²) in [7, 11) is 0. The molecular weight excluding hydrogens is 310 g/mol. The van der Waals surface area contributed by atoms with Crippen LogP contribution in [0.3, 0.4) is 0 Å². The van der Waals surface area contributed by atoms with E-state index in [4.69, 9.17) is 11.5 Å². The maximum Gasteiger partial charge on any atom is 0.292 e. The summed E-state index contributed by atoms with van der Waals surface area (Å²) in [6, 6.07) is 3.74. The van der Waals surface area contributed by atoms with E-state index in [9.17, 15) is 19.7 Å². The number of nitrogens with one attached hydrogen (secondary N) is 1. The highest BCUT2D eigenvalue weighted by Gasteiger charge is 2.16. The van der Waals surface area contributed by atoms with Crippen LogP contribution in [-0.2, 0) is 11.2 Å². The van der Waals surface area contributed by atoms with Gasteiger partial charge in [0.1, 0.15) is 5.69 Å². The Kier molecular flexibility index (Phi) is 4.32. The predicted molar refractivity (Wildman–Crippen MR) is 80.5 cm³/mol. The van der Waals surface area contributed by atoms with E-state index in [1.54, 1.807) is 5.38 Å². The molecule has 0 bridgehead atoms. The van der Waals surface area contributed by atoms with Crippen molar-refractivity contribution in [1.82, 2.24) is 4.98 Å². The van der Waals surface area contributed by atoms with Crippen molar-refractivity contribution in [3.8, 4) is 0 Å². The number of nitro benzene ring substituents is 1. The van der Waals surface area contributed by atoms with Gasteiger partial charge in [0.15, 0.2) is 5.13 Å².